The van der Waals surface area contributed by atoms with Gasteiger partial charge in [-0.3, -0.25) is 14.4 Å². The van der Waals surface area contributed by atoms with Crippen LogP contribution in [0.2, 0.25) is 0 Å². The maximum Gasteiger partial charge on any atom is 0.305 e. The summed E-state index contributed by atoms with van der Waals surface area (Å²) in [6.45, 7) is 0. The Bertz CT molecular complexity index is 1220. The van der Waals surface area contributed by atoms with Gasteiger partial charge in [0.2, 0.25) is 11.8 Å². The number of amides is 2. The van der Waals surface area contributed by atoms with Crippen LogP contribution in [0, 0.1) is 5.92 Å². The molecule has 2 aliphatic heterocycles. The zero-order valence-electron chi connectivity index (χ0n) is 15.6. The van der Waals surface area contributed by atoms with Gasteiger partial charge in [0, 0.05) is 15.3 Å². The summed E-state index contributed by atoms with van der Waals surface area (Å²) in [4.78, 5) is 43.7. The number of anilines is 1. The Labute approximate surface area is 188 Å². The van der Waals surface area contributed by atoms with Crippen molar-refractivity contribution < 1.29 is 14.3 Å². The molecule has 152 valence electrons. The van der Waals surface area contributed by atoms with E-state index in [1.54, 1.807) is 31.4 Å². The van der Waals surface area contributed by atoms with Gasteiger partial charge in [0.1, 0.15) is 11.0 Å². The second-order valence-corrected chi connectivity index (χ2v) is 10.1. The summed E-state index contributed by atoms with van der Waals surface area (Å²) in [7, 11) is 1.56. The lowest BCUT2D eigenvalue weighted by Gasteiger charge is -2.29. The molecule has 1 aromatic heterocycles. The third-order valence-electron chi connectivity index (χ3n) is 5.36. The van der Waals surface area contributed by atoms with Crippen molar-refractivity contribution >= 4 is 56.5 Å². The summed E-state index contributed by atoms with van der Waals surface area (Å²) in [6, 6.07) is 14.6. The van der Waals surface area contributed by atoms with Gasteiger partial charge in [-0.15, -0.1) is 0 Å². The number of ether oxygens (including phenoxy) is 1. The van der Waals surface area contributed by atoms with Gasteiger partial charge in [-0.1, -0.05) is 51.2 Å². The number of halogens is 1. The monoisotopic (exact) mass is 502 g/mol. The molecular weight excluding hydrogens is 488 g/mol. The molecule has 0 saturated carbocycles. The lowest BCUT2D eigenvalue weighted by molar-refractivity contribution is -0.122. The van der Waals surface area contributed by atoms with E-state index in [1.807, 2.05) is 24.3 Å². The second-order valence-electron chi connectivity index (χ2n) is 7.01. The second kappa shape index (κ2) is 7.40. The molecule has 1 N–H and O–H groups in total. The highest BCUT2D eigenvalue weighted by molar-refractivity contribution is 9.10. The quantitative estimate of drug-likeness (QED) is 0.547. The van der Waals surface area contributed by atoms with Gasteiger partial charge in [0.15, 0.2) is 0 Å². The molecule has 9 heteroatoms. The number of nitrogens with zero attached hydrogens (tertiary/aromatic N) is 1. The number of methoxy groups -OCH3 is 1. The molecule has 0 radical (unpaired) electrons. The molecule has 1 fully saturated rings. The molecule has 0 aliphatic carbocycles. The number of imide groups is 1. The van der Waals surface area contributed by atoms with Crippen molar-refractivity contribution in [2.45, 2.75) is 16.2 Å². The Kier molecular flexibility index (Phi) is 4.83. The summed E-state index contributed by atoms with van der Waals surface area (Å²) < 4.78 is 6.06. The van der Waals surface area contributed by atoms with Crippen LogP contribution in [0.15, 0.2) is 62.8 Å². The number of nitrogens with one attached hydrogen (secondary N) is 1. The lowest BCUT2D eigenvalue weighted by Crippen LogP contribution is -2.32. The molecule has 1 saturated heterocycles. The predicted molar refractivity (Wildman–Crippen MR) is 120 cm³/mol. The lowest BCUT2D eigenvalue weighted by atomic mass is 9.83. The van der Waals surface area contributed by atoms with E-state index in [1.165, 1.54) is 16.7 Å². The fraction of sp³-hybridized carbons (Fsp3) is 0.190. The van der Waals surface area contributed by atoms with Crippen molar-refractivity contribution in [3.63, 3.8) is 0 Å². The summed E-state index contributed by atoms with van der Waals surface area (Å²) in [5.74, 6) is -0.821. The van der Waals surface area contributed by atoms with Gasteiger partial charge in [-0.2, -0.15) is 0 Å². The first-order valence-corrected chi connectivity index (χ1v) is 11.6. The molecule has 0 spiro atoms. The zero-order chi connectivity index (χ0) is 21.0. The Morgan fingerprint density at radius 3 is 2.53 bits per heavy atom. The molecule has 0 bridgehead atoms. The maximum absolute atomic E-state index is 13.6. The van der Waals surface area contributed by atoms with E-state index < -0.39 is 11.2 Å². The van der Waals surface area contributed by atoms with E-state index in [0.29, 0.717) is 16.5 Å². The SMILES string of the molecule is COc1ccc(N2C(=O)C3Sc4[nH]c(=O)sc4[C@H](c4cccc(Br)c4)C3C2=O)cc1. The van der Waals surface area contributed by atoms with Gasteiger partial charge in [0.25, 0.3) is 0 Å². The van der Waals surface area contributed by atoms with Gasteiger partial charge in [-0.25, -0.2) is 4.90 Å². The van der Waals surface area contributed by atoms with Gasteiger partial charge in [0.05, 0.1) is 23.7 Å². The molecular formula is C21H15BrN2O4S2. The number of rotatable bonds is 3. The average Bonchev–Trinajstić information content (AvgIpc) is 3.23. The number of hydrogen-bond donors (Lipinski definition) is 1. The van der Waals surface area contributed by atoms with E-state index in [2.05, 4.69) is 20.9 Å². The molecule has 3 heterocycles. The molecule has 2 amide bonds. The highest BCUT2D eigenvalue weighted by Crippen LogP contribution is 2.53. The van der Waals surface area contributed by atoms with Crippen LogP contribution in [0.4, 0.5) is 5.69 Å². The number of carbonyl (C=O) groups excluding carboxylic acids is 2. The minimum absolute atomic E-state index is 0.181. The highest BCUT2D eigenvalue weighted by atomic mass is 79.9. The van der Waals surface area contributed by atoms with Gasteiger partial charge >= 0.3 is 4.87 Å². The first-order valence-electron chi connectivity index (χ1n) is 9.15. The summed E-state index contributed by atoms with van der Waals surface area (Å²) in [5, 5.41) is 0.0790. The summed E-state index contributed by atoms with van der Waals surface area (Å²) in [6.07, 6.45) is 0. The van der Waals surface area contributed by atoms with Gasteiger partial charge < -0.3 is 9.72 Å². The Balaban J connectivity index is 1.63. The number of benzene rings is 2. The van der Waals surface area contributed by atoms with Crippen LogP contribution in [-0.2, 0) is 9.59 Å². The Morgan fingerprint density at radius 2 is 1.83 bits per heavy atom. The number of aromatic nitrogens is 1. The normalized spacial score (nSPS) is 22.7. The van der Waals surface area contributed by atoms with E-state index in [4.69, 9.17) is 4.74 Å². The largest absolute Gasteiger partial charge is 0.497 e. The van der Waals surface area contributed by atoms with Crippen molar-refractivity contribution in [3.8, 4) is 5.75 Å². The number of fused-ring (bicyclic) bond motifs is 2. The first kappa shape index (κ1) is 19.6. The Hall–Kier alpha value is -2.36. The number of hydrogen-bond acceptors (Lipinski definition) is 6. The molecule has 2 aromatic carbocycles. The molecule has 2 aliphatic rings. The minimum atomic E-state index is -0.596. The van der Waals surface area contributed by atoms with Crippen LogP contribution >= 0.6 is 39.0 Å². The number of H-pyrrole nitrogens is 1. The van der Waals surface area contributed by atoms with E-state index in [9.17, 15) is 14.4 Å². The third kappa shape index (κ3) is 3.03. The van der Waals surface area contributed by atoms with E-state index >= 15 is 0 Å². The number of aromatic amines is 1. The predicted octanol–water partition coefficient (Wildman–Crippen LogP) is 4.00. The minimum Gasteiger partial charge on any atom is -0.497 e. The van der Waals surface area contributed by atoms with Crippen molar-refractivity contribution in [2.75, 3.05) is 12.0 Å². The van der Waals surface area contributed by atoms with Crippen molar-refractivity contribution in [2.24, 2.45) is 5.92 Å². The van der Waals surface area contributed by atoms with Crippen molar-refractivity contribution in [3.05, 3.63) is 73.1 Å². The fourth-order valence-electron chi connectivity index (χ4n) is 4.06. The van der Waals surface area contributed by atoms with Crippen LogP contribution in [-0.4, -0.2) is 29.2 Å². The van der Waals surface area contributed by atoms with Crippen LogP contribution in [0.3, 0.4) is 0 Å². The highest BCUT2D eigenvalue weighted by Gasteiger charge is 2.56. The van der Waals surface area contributed by atoms with E-state index in [-0.39, 0.29) is 22.6 Å². The molecule has 3 atom stereocenters. The summed E-state index contributed by atoms with van der Waals surface area (Å²) >= 11 is 5.87. The molecule has 30 heavy (non-hydrogen) atoms. The average molecular weight is 503 g/mol. The number of thioether (sulfide) groups is 1. The van der Waals surface area contributed by atoms with Crippen molar-refractivity contribution in [1.82, 2.24) is 4.98 Å². The zero-order valence-corrected chi connectivity index (χ0v) is 18.8. The van der Waals surface area contributed by atoms with Crippen LogP contribution < -0.4 is 14.5 Å². The standard InChI is InChI=1S/C21H15BrN2O4S2/c1-28-13-7-5-12(6-8-13)24-19(25)15-14(10-3-2-4-11(22)9-10)16-18(23-21(27)30-16)29-17(15)20(24)26/h2-9,14-15,17H,1H3,(H,23,27)/t14-,15?,17?/m1/s1. The fourth-order valence-corrected chi connectivity index (χ4v) is 6.99. The molecule has 2 unspecified atom stereocenters. The number of thiazole rings is 1. The van der Waals surface area contributed by atoms with Crippen LogP contribution in [0.25, 0.3) is 0 Å². The molecule has 6 nitrogen and oxygen atoms in total. The van der Waals surface area contributed by atoms with Crippen molar-refractivity contribution in [1.29, 1.82) is 0 Å². The third-order valence-corrected chi connectivity index (χ3v) is 8.26. The van der Waals surface area contributed by atoms with E-state index in [0.717, 1.165) is 26.3 Å². The topological polar surface area (TPSA) is 79.5 Å². The Morgan fingerprint density at radius 1 is 1.07 bits per heavy atom. The van der Waals surface area contributed by atoms with Crippen LogP contribution in [0.5, 0.6) is 5.75 Å². The molecule has 3 aromatic rings. The number of carbonyl (C=O) groups is 2. The first-order chi connectivity index (χ1) is 14.5. The summed E-state index contributed by atoms with van der Waals surface area (Å²) in [5.41, 5.74) is 1.42. The van der Waals surface area contributed by atoms with Crippen LogP contribution in [0.1, 0.15) is 16.4 Å². The molecule has 5 rings (SSSR count). The van der Waals surface area contributed by atoms with Gasteiger partial charge in [-0.05, 0) is 42.0 Å². The smallest absolute Gasteiger partial charge is 0.305 e. The maximum atomic E-state index is 13.6.